The molecule has 1 heterocycles. The molecule has 1 aromatic carbocycles. The Labute approximate surface area is 123 Å². The third kappa shape index (κ3) is 2.86. The lowest BCUT2D eigenvalue weighted by molar-refractivity contribution is -0.148. The maximum atomic E-state index is 11.5. The van der Waals surface area contributed by atoms with Crippen LogP contribution in [0.1, 0.15) is 37.7 Å². The molecule has 3 rings (SSSR count). The normalized spacial score (nSPS) is 19.0. The standard InChI is InChI=1S/C16H19NO4/c1-20-15(19)10-16(7-2-8-16)21-12-4-5-13-11(9-12)3-6-14(18)17-13/h4-5,9H,2-3,6-8,10H2,1H3,(H,17,18). The van der Waals surface area contributed by atoms with Gasteiger partial charge in [0.05, 0.1) is 13.5 Å². The first-order valence-corrected chi connectivity index (χ1v) is 7.29. The summed E-state index contributed by atoms with van der Waals surface area (Å²) >= 11 is 0. The van der Waals surface area contributed by atoms with E-state index in [4.69, 9.17) is 9.47 Å². The topological polar surface area (TPSA) is 64.6 Å². The van der Waals surface area contributed by atoms with Gasteiger partial charge in [-0.05, 0) is 49.4 Å². The Balaban J connectivity index is 1.75. The number of esters is 1. The van der Waals surface area contributed by atoms with Crippen molar-refractivity contribution in [3.63, 3.8) is 0 Å². The highest BCUT2D eigenvalue weighted by atomic mass is 16.5. The highest BCUT2D eigenvalue weighted by Gasteiger charge is 2.42. The molecular formula is C16H19NO4. The van der Waals surface area contributed by atoms with Crippen LogP contribution in [-0.2, 0) is 20.7 Å². The highest BCUT2D eigenvalue weighted by molar-refractivity contribution is 5.94. The van der Waals surface area contributed by atoms with Crippen LogP contribution in [0.4, 0.5) is 5.69 Å². The van der Waals surface area contributed by atoms with Gasteiger partial charge in [0, 0.05) is 12.1 Å². The lowest BCUT2D eigenvalue weighted by Gasteiger charge is -2.41. The highest BCUT2D eigenvalue weighted by Crippen LogP contribution is 2.40. The number of aryl methyl sites for hydroxylation is 1. The zero-order valence-electron chi connectivity index (χ0n) is 12.1. The lowest BCUT2D eigenvalue weighted by atomic mass is 9.77. The molecule has 21 heavy (non-hydrogen) atoms. The fourth-order valence-corrected chi connectivity index (χ4v) is 2.89. The average molecular weight is 289 g/mol. The summed E-state index contributed by atoms with van der Waals surface area (Å²) in [7, 11) is 1.40. The lowest BCUT2D eigenvalue weighted by Crippen LogP contribution is -2.45. The molecule has 0 spiro atoms. The smallest absolute Gasteiger partial charge is 0.309 e. The van der Waals surface area contributed by atoms with Crippen molar-refractivity contribution in [1.29, 1.82) is 0 Å². The van der Waals surface area contributed by atoms with E-state index >= 15 is 0 Å². The van der Waals surface area contributed by atoms with Crippen LogP contribution in [-0.4, -0.2) is 24.6 Å². The van der Waals surface area contributed by atoms with Crippen molar-refractivity contribution in [3.05, 3.63) is 23.8 Å². The Hall–Kier alpha value is -2.04. The van der Waals surface area contributed by atoms with E-state index in [1.807, 2.05) is 18.2 Å². The van der Waals surface area contributed by atoms with Crippen LogP contribution in [0.15, 0.2) is 18.2 Å². The third-order valence-electron chi connectivity index (χ3n) is 4.27. The van der Waals surface area contributed by atoms with Gasteiger partial charge in [-0.15, -0.1) is 0 Å². The van der Waals surface area contributed by atoms with Gasteiger partial charge in [0.15, 0.2) is 0 Å². The molecular weight excluding hydrogens is 270 g/mol. The predicted octanol–water partition coefficient (Wildman–Crippen LogP) is 2.44. The molecule has 1 aliphatic carbocycles. The molecule has 0 bridgehead atoms. The summed E-state index contributed by atoms with van der Waals surface area (Å²) < 4.78 is 10.8. The number of nitrogens with one attached hydrogen (secondary N) is 1. The third-order valence-corrected chi connectivity index (χ3v) is 4.27. The number of hydrogen-bond acceptors (Lipinski definition) is 4. The van der Waals surface area contributed by atoms with Crippen LogP contribution >= 0.6 is 0 Å². The molecule has 1 fully saturated rings. The minimum absolute atomic E-state index is 0.0531. The monoisotopic (exact) mass is 289 g/mol. The molecule has 0 unspecified atom stereocenters. The van der Waals surface area contributed by atoms with Crippen molar-refractivity contribution in [2.75, 3.05) is 12.4 Å². The first kappa shape index (κ1) is 13.9. The zero-order chi connectivity index (χ0) is 14.9. The zero-order valence-corrected chi connectivity index (χ0v) is 12.1. The minimum atomic E-state index is -0.417. The summed E-state index contributed by atoms with van der Waals surface area (Å²) in [6.07, 6.45) is 4.33. The van der Waals surface area contributed by atoms with Gasteiger partial charge in [-0.25, -0.2) is 0 Å². The molecule has 1 aromatic rings. The Morgan fingerprint density at radius 3 is 2.81 bits per heavy atom. The van der Waals surface area contributed by atoms with Gasteiger partial charge < -0.3 is 14.8 Å². The molecule has 0 saturated heterocycles. The number of anilines is 1. The van der Waals surface area contributed by atoms with Crippen LogP contribution < -0.4 is 10.1 Å². The fraction of sp³-hybridized carbons (Fsp3) is 0.500. The van der Waals surface area contributed by atoms with Crippen molar-refractivity contribution in [3.8, 4) is 5.75 Å². The van der Waals surface area contributed by atoms with Crippen LogP contribution in [0.2, 0.25) is 0 Å². The number of hydrogen-bond donors (Lipinski definition) is 1. The molecule has 0 radical (unpaired) electrons. The number of rotatable bonds is 4. The summed E-state index contributed by atoms with van der Waals surface area (Å²) in [5, 5.41) is 2.85. The summed E-state index contributed by atoms with van der Waals surface area (Å²) in [6, 6.07) is 5.68. The van der Waals surface area contributed by atoms with E-state index in [1.165, 1.54) is 7.11 Å². The number of carbonyl (C=O) groups excluding carboxylic acids is 2. The number of ether oxygens (including phenoxy) is 2. The maximum absolute atomic E-state index is 11.5. The molecule has 1 amide bonds. The second kappa shape index (κ2) is 5.39. The Morgan fingerprint density at radius 2 is 2.14 bits per heavy atom. The molecule has 1 N–H and O–H groups in total. The minimum Gasteiger partial charge on any atom is -0.487 e. The van der Waals surface area contributed by atoms with E-state index in [1.54, 1.807) is 0 Å². The average Bonchev–Trinajstić information content (AvgIpc) is 2.45. The van der Waals surface area contributed by atoms with E-state index in [0.717, 1.165) is 42.7 Å². The van der Waals surface area contributed by atoms with Crippen LogP contribution in [0.25, 0.3) is 0 Å². The Bertz CT molecular complexity index is 578. The summed E-state index contributed by atoms with van der Waals surface area (Å²) in [5.41, 5.74) is 1.52. The van der Waals surface area contributed by atoms with Crippen LogP contribution in [0.5, 0.6) is 5.75 Å². The molecule has 0 aromatic heterocycles. The van der Waals surface area contributed by atoms with Crippen LogP contribution in [0, 0.1) is 0 Å². The first-order chi connectivity index (χ1) is 10.1. The number of amides is 1. The number of fused-ring (bicyclic) bond motifs is 1. The largest absolute Gasteiger partial charge is 0.487 e. The number of methoxy groups -OCH3 is 1. The Kier molecular flexibility index (Phi) is 3.57. The molecule has 5 nitrogen and oxygen atoms in total. The molecule has 0 atom stereocenters. The van der Waals surface area contributed by atoms with Gasteiger partial charge in [0.2, 0.25) is 5.91 Å². The van der Waals surface area contributed by atoms with Crippen molar-refractivity contribution < 1.29 is 19.1 Å². The molecule has 5 heteroatoms. The predicted molar refractivity (Wildman–Crippen MR) is 77.2 cm³/mol. The van der Waals surface area contributed by atoms with Crippen molar-refractivity contribution in [2.24, 2.45) is 0 Å². The molecule has 1 aliphatic heterocycles. The van der Waals surface area contributed by atoms with Gasteiger partial charge in [-0.2, -0.15) is 0 Å². The van der Waals surface area contributed by atoms with Gasteiger partial charge in [-0.1, -0.05) is 0 Å². The molecule has 1 saturated carbocycles. The quantitative estimate of drug-likeness (QED) is 0.865. The fourth-order valence-electron chi connectivity index (χ4n) is 2.89. The SMILES string of the molecule is COC(=O)CC1(Oc2ccc3c(c2)CCC(=O)N3)CCC1. The summed E-state index contributed by atoms with van der Waals surface area (Å²) in [5.74, 6) is 0.575. The van der Waals surface area contributed by atoms with E-state index in [-0.39, 0.29) is 18.3 Å². The van der Waals surface area contributed by atoms with E-state index < -0.39 is 5.60 Å². The second-order valence-electron chi connectivity index (χ2n) is 5.76. The summed E-state index contributed by atoms with van der Waals surface area (Å²) in [4.78, 5) is 22.9. The van der Waals surface area contributed by atoms with E-state index in [0.29, 0.717) is 6.42 Å². The van der Waals surface area contributed by atoms with Crippen molar-refractivity contribution in [1.82, 2.24) is 0 Å². The number of carbonyl (C=O) groups is 2. The van der Waals surface area contributed by atoms with Gasteiger partial charge in [-0.3, -0.25) is 9.59 Å². The van der Waals surface area contributed by atoms with Crippen molar-refractivity contribution >= 4 is 17.6 Å². The van der Waals surface area contributed by atoms with E-state index in [2.05, 4.69) is 5.32 Å². The molecule has 2 aliphatic rings. The van der Waals surface area contributed by atoms with Gasteiger partial charge in [0.1, 0.15) is 11.4 Å². The van der Waals surface area contributed by atoms with Gasteiger partial charge in [0.25, 0.3) is 0 Å². The molecule has 112 valence electrons. The Morgan fingerprint density at radius 1 is 1.33 bits per heavy atom. The van der Waals surface area contributed by atoms with Gasteiger partial charge >= 0.3 is 5.97 Å². The van der Waals surface area contributed by atoms with E-state index in [9.17, 15) is 9.59 Å². The second-order valence-corrected chi connectivity index (χ2v) is 5.76. The maximum Gasteiger partial charge on any atom is 0.309 e. The number of benzene rings is 1. The van der Waals surface area contributed by atoms with Crippen LogP contribution in [0.3, 0.4) is 0 Å². The first-order valence-electron chi connectivity index (χ1n) is 7.29. The van der Waals surface area contributed by atoms with Crippen molar-refractivity contribution in [2.45, 2.75) is 44.1 Å². The summed E-state index contributed by atoms with van der Waals surface area (Å²) in [6.45, 7) is 0.